The van der Waals surface area contributed by atoms with Crippen molar-refractivity contribution in [3.8, 4) is 0 Å². The summed E-state index contributed by atoms with van der Waals surface area (Å²) in [5, 5.41) is 3.27. The van der Waals surface area contributed by atoms with Gasteiger partial charge in [-0.3, -0.25) is 0 Å². The summed E-state index contributed by atoms with van der Waals surface area (Å²) in [5.41, 5.74) is 1.39. The van der Waals surface area contributed by atoms with E-state index in [9.17, 15) is 0 Å². The van der Waals surface area contributed by atoms with Crippen molar-refractivity contribution in [3.63, 3.8) is 0 Å². The topological polar surface area (TPSA) is 25.2 Å². The van der Waals surface area contributed by atoms with E-state index in [0.717, 1.165) is 18.4 Å². The lowest BCUT2D eigenvalue weighted by Crippen LogP contribution is -2.20. The summed E-state index contributed by atoms with van der Waals surface area (Å²) in [6.45, 7) is 1.13. The first-order chi connectivity index (χ1) is 6.42. The van der Waals surface area contributed by atoms with Crippen LogP contribution in [-0.4, -0.2) is 13.6 Å². The van der Waals surface area contributed by atoms with Crippen LogP contribution < -0.4 is 5.32 Å². The lowest BCUT2D eigenvalue weighted by atomic mass is 9.91. The zero-order valence-electron chi connectivity index (χ0n) is 8.12. The number of hydrogen-bond donors (Lipinski definition) is 1. The second-order valence-corrected chi connectivity index (χ2v) is 3.91. The minimum Gasteiger partial charge on any atom is -0.472 e. The molecule has 0 amide bonds. The Morgan fingerprint density at radius 1 is 1.54 bits per heavy atom. The van der Waals surface area contributed by atoms with E-state index in [1.807, 2.05) is 13.3 Å². The molecule has 0 aliphatic heterocycles. The Balaban J connectivity index is 2.05. The standard InChI is InChI=1S/C11H17NO/c1-12-7-9-3-2-4-11(9)10-5-6-13-8-10/h5-6,8-9,11-12H,2-4,7H2,1H3. The zero-order chi connectivity index (χ0) is 9.10. The van der Waals surface area contributed by atoms with E-state index in [4.69, 9.17) is 4.42 Å². The smallest absolute Gasteiger partial charge is 0.0937 e. The van der Waals surface area contributed by atoms with Crippen molar-refractivity contribution >= 4 is 0 Å². The number of rotatable bonds is 3. The predicted molar refractivity (Wildman–Crippen MR) is 52.7 cm³/mol. The van der Waals surface area contributed by atoms with Crippen LogP contribution in [0.5, 0.6) is 0 Å². The fourth-order valence-corrected chi connectivity index (χ4v) is 2.47. The highest BCUT2D eigenvalue weighted by Crippen LogP contribution is 2.39. The van der Waals surface area contributed by atoms with Crippen LogP contribution in [0.15, 0.2) is 23.0 Å². The summed E-state index contributed by atoms with van der Waals surface area (Å²) in [7, 11) is 2.03. The van der Waals surface area contributed by atoms with Gasteiger partial charge in [0.15, 0.2) is 0 Å². The Kier molecular flexibility index (Phi) is 2.69. The maximum atomic E-state index is 5.13. The van der Waals surface area contributed by atoms with Crippen LogP contribution in [0.1, 0.15) is 30.7 Å². The Labute approximate surface area is 79.3 Å². The summed E-state index contributed by atoms with van der Waals surface area (Å²) in [6.07, 6.45) is 7.73. The van der Waals surface area contributed by atoms with Crippen molar-refractivity contribution in [2.24, 2.45) is 5.92 Å². The molecule has 0 bridgehead atoms. The first-order valence-electron chi connectivity index (χ1n) is 5.08. The third kappa shape index (κ3) is 1.78. The van der Waals surface area contributed by atoms with Crippen molar-refractivity contribution in [3.05, 3.63) is 24.2 Å². The molecule has 13 heavy (non-hydrogen) atoms. The average molecular weight is 179 g/mol. The van der Waals surface area contributed by atoms with Crippen LogP contribution in [0.3, 0.4) is 0 Å². The van der Waals surface area contributed by atoms with Gasteiger partial charge in [0, 0.05) is 0 Å². The van der Waals surface area contributed by atoms with Gasteiger partial charge >= 0.3 is 0 Å². The summed E-state index contributed by atoms with van der Waals surface area (Å²) >= 11 is 0. The molecular weight excluding hydrogens is 162 g/mol. The maximum absolute atomic E-state index is 5.13. The SMILES string of the molecule is CNCC1CCCC1c1ccoc1. The van der Waals surface area contributed by atoms with E-state index in [2.05, 4.69) is 11.4 Å². The third-order valence-corrected chi connectivity index (χ3v) is 3.10. The van der Waals surface area contributed by atoms with Crippen LogP contribution in [-0.2, 0) is 0 Å². The van der Waals surface area contributed by atoms with Crippen LogP contribution >= 0.6 is 0 Å². The normalized spacial score (nSPS) is 28.1. The maximum Gasteiger partial charge on any atom is 0.0937 e. The Morgan fingerprint density at radius 2 is 2.46 bits per heavy atom. The van der Waals surface area contributed by atoms with E-state index in [0.29, 0.717) is 0 Å². The fraction of sp³-hybridized carbons (Fsp3) is 0.636. The van der Waals surface area contributed by atoms with Gasteiger partial charge in [-0.15, -0.1) is 0 Å². The van der Waals surface area contributed by atoms with Crippen LogP contribution in [0.25, 0.3) is 0 Å². The fourth-order valence-electron chi connectivity index (χ4n) is 2.47. The molecule has 1 fully saturated rings. The minimum atomic E-state index is 0.728. The van der Waals surface area contributed by atoms with Gasteiger partial charge in [-0.25, -0.2) is 0 Å². The van der Waals surface area contributed by atoms with E-state index in [1.165, 1.54) is 24.8 Å². The molecular formula is C11H17NO. The van der Waals surface area contributed by atoms with Gasteiger partial charge < -0.3 is 9.73 Å². The highest BCUT2D eigenvalue weighted by molar-refractivity contribution is 5.15. The molecule has 0 aromatic carbocycles. The first kappa shape index (κ1) is 8.82. The molecule has 2 rings (SSSR count). The molecule has 0 radical (unpaired) electrons. The predicted octanol–water partition coefficient (Wildman–Crippen LogP) is 2.38. The Hall–Kier alpha value is -0.760. The van der Waals surface area contributed by atoms with Crippen molar-refractivity contribution in [1.82, 2.24) is 5.32 Å². The van der Waals surface area contributed by atoms with Crippen molar-refractivity contribution < 1.29 is 4.42 Å². The lowest BCUT2D eigenvalue weighted by Gasteiger charge is -2.17. The summed E-state index contributed by atoms with van der Waals surface area (Å²) in [5.74, 6) is 1.54. The molecule has 2 heteroatoms. The highest BCUT2D eigenvalue weighted by Gasteiger charge is 2.28. The van der Waals surface area contributed by atoms with Crippen molar-refractivity contribution in [2.75, 3.05) is 13.6 Å². The first-order valence-corrected chi connectivity index (χ1v) is 5.08. The van der Waals surface area contributed by atoms with Gasteiger partial charge in [0.25, 0.3) is 0 Å². The van der Waals surface area contributed by atoms with E-state index < -0.39 is 0 Å². The molecule has 1 heterocycles. The second kappa shape index (κ2) is 3.97. The Morgan fingerprint density at radius 3 is 3.15 bits per heavy atom. The summed E-state index contributed by atoms with van der Waals surface area (Å²) in [6, 6.07) is 2.11. The highest BCUT2D eigenvalue weighted by atomic mass is 16.3. The molecule has 0 saturated heterocycles. The molecule has 72 valence electrons. The molecule has 1 aliphatic carbocycles. The molecule has 2 atom stereocenters. The van der Waals surface area contributed by atoms with Gasteiger partial charge in [0.05, 0.1) is 12.5 Å². The quantitative estimate of drug-likeness (QED) is 0.770. The monoisotopic (exact) mass is 179 g/mol. The molecule has 2 nitrogen and oxygen atoms in total. The summed E-state index contributed by atoms with van der Waals surface area (Å²) < 4.78 is 5.13. The van der Waals surface area contributed by atoms with Gasteiger partial charge in [-0.2, -0.15) is 0 Å². The molecule has 2 unspecified atom stereocenters. The second-order valence-electron chi connectivity index (χ2n) is 3.91. The van der Waals surface area contributed by atoms with E-state index in [1.54, 1.807) is 6.26 Å². The van der Waals surface area contributed by atoms with Crippen molar-refractivity contribution in [2.45, 2.75) is 25.2 Å². The molecule has 0 spiro atoms. The number of furan rings is 1. The molecule has 1 saturated carbocycles. The summed E-state index contributed by atoms with van der Waals surface area (Å²) in [4.78, 5) is 0. The largest absolute Gasteiger partial charge is 0.472 e. The molecule has 1 aromatic rings. The van der Waals surface area contributed by atoms with Gasteiger partial charge in [-0.1, -0.05) is 6.42 Å². The zero-order valence-corrected chi connectivity index (χ0v) is 8.12. The average Bonchev–Trinajstić information content (AvgIpc) is 2.71. The van der Waals surface area contributed by atoms with Crippen LogP contribution in [0.2, 0.25) is 0 Å². The van der Waals surface area contributed by atoms with E-state index in [-0.39, 0.29) is 0 Å². The third-order valence-electron chi connectivity index (χ3n) is 3.10. The molecule has 1 aromatic heterocycles. The number of nitrogens with one attached hydrogen (secondary N) is 1. The van der Waals surface area contributed by atoms with Gasteiger partial charge in [-0.05, 0) is 49.9 Å². The number of hydrogen-bond acceptors (Lipinski definition) is 2. The van der Waals surface area contributed by atoms with Crippen LogP contribution in [0.4, 0.5) is 0 Å². The van der Waals surface area contributed by atoms with Gasteiger partial charge in [0.2, 0.25) is 0 Å². The van der Waals surface area contributed by atoms with Crippen LogP contribution in [0, 0.1) is 5.92 Å². The van der Waals surface area contributed by atoms with E-state index >= 15 is 0 Å². The lowest BCUT2D eigenvalue weighted by molar-refractivity contribution is 0.457. The Bertz CT molecular complexity index is 243. The molecule has 1 N–H and O–H groups in total. The van der Waals surface area contributed by atoms with Gasteiger partial charge in [0.1, 0.15) is 0 Å². The minimum absolute atomic E-state index is 0.728. The van der Waals surface area contributed by atoms with Crippen molar-refractivity contribution in [1.29, 1.82) is 0 Å². The molecule has 1 aliphatic rings.